The predicted molar refractivity (Wildman–Crippen MR) is 110 cm³/mol. The van der Waals surface area contributed by atoms with Crippen molar-refractivity contribution in [2.24, 2.45) is 0 Å². The molecule has 1 amide bonds. The number of ether oxygens (including phenoxy) is 1. The number of Topliss-reactive ketones (excluding diaryl/α,β-unsaturated/α-hetero) is 1. The smallest absolute Gasteiger partial charge is 0.290 e. The number of amides is 1. The molecule has 1 aliphatic rings. The Bertz CT molecular complexity index is 886. The Morgan fingerprint density at radius 2 is 2.07 bits per heavy atom. The molecule has 0 saturated heterocycles. The molecular weight excluding hydrogens is 374 g/mol. The lowest BCUT2D eigenvalue weighted by atomic mass is 9.94. The van der Waals surface area contributed by atoms with Crippen LogP contribution >= 0.6 is 11.3 Å². The minimum atomic E-state index is -0.596. The third-order valence-corrected chi connectivity index (χ3v) is 5.51. The van der Waals surface area contributed by atoms with Crippen molar-refractivity contribution in [2.45, 2.75) is 39.3 Å². The zero-order valence-corrected chi connectivity index (χ0v) is 17.2. The van der Waals surface area contributed by atoms with Crippen LogP contribution in [0.1, 0.15) is 47.1 Å². The van der Waals surface area contributed by atoms with Gasteiger partial charge in [-0.3, -0.25) is 9.59 Å². The van der Waals surface area contributed by atoms with Crippen molar-refractivity contribution in [3.8, 4) is 0 Å². The first-order valence-corrected chi connectivity index (χ1v) is 10.3. The highest BCUT2D eigenvalue weighted by Gasteiger charge is 2.43. The van der Waals surface area contributed by atoms with Crippen LogP contribution in [0.2, 0.25) is 0 Å². The number of rotatable bonds is 8. The van der Waals surface area contributed by atoms with Gasteiger partial charge in [-0.05, 0) is 44.2 Å². The van der Waals surface area contributed by atoms with Gasteiger partial charge >= 0.3 is 0 Å². The molecule has 0 radical (unpaired) electrons. The highest BCUT2D eigenvalue weighted by atomic mass is 32.1. The molecule has 0 fully saturated rings. The Morgan fingerprint density at radius 3 is 2.71 bits per heavy atom. The van der Waals surface area contributed by atoms with Gasteiger partial charge in [0.05, 0.1) is 22.6 Å². The fourth-order valence-corrected chi connectivity index (χ4v) is 4.08. The second kappa shape index (κ2) is 8.71. The SMILES string of the molecule is Cc1cccc(C2C(C(=O)c3cccs3)=C(O)C(=O)N2CCCOC(C)C)c1. The third kappa shape index (κ3) is 4.18. The number of carbonyl (C=O) groups is 2. The molecule has 0 saturated carbocycles. The number of aryl methyl sites for hydroxylation is 1. The summed E-state index contributed by atoms with van der Waals surface area (Å²) in [5.41, 5.74) is 2.01. The van der Waals surface area contributed by atoms with E-state index in [1.54, 1.807) is 17.0 Å². The molecular formula is C22H25NO4S. The molecule has 3 rings (SSSR count). The molecule has 6 heteroatoms. The number of carbonyl (C=O) groups excluding carboxylic acids is 2. The largest absolute Gasteiger partial charge is 0.503 e. The van der Waals surface area contributed by atoms with Crippen LogP contribution in [-0.2, 0) is 9.53 Å². The number of aliphatic hydroxyl groups is 1. The maximum Gasteiger partial charge on any atom is 0.290 e. The average molecular weight is 400 g/mol. The fraction of sp³-hybridized carbons (Fsp3) is 0.364. The molecule has 148 valence electrons. The zero-order valence-electron chi connectivity index (χ0n) is 16.3. The predicted octanol–water partition coefficient (Wildman–Crippen LogP) is 4.45. The van der Waals surface area contributed by atoms with E-state index >= 15 is 0 Å². The van der Waals surface area contributed by atoms with Gasteiger partial charge in [0.25, 0.3) is 5.91 Å². The first-order chi connectivity index (χ1) is 13.4. The number of thiophene rings is 1. The first kappa shape index (κ1) is 20.3. The van der Waals surface area contributed by atoms with E-state index in [0.29, 0.717) is 24.4 Å². The van der Waals surface area contributed by atoms with E-state index in [1.807, 2.05) is 50.4 Å². The maximum atomic E-state index is 13.1. The van der Waals surface area contributed by atoms with Crippen LogP contribution in [0.25, 0.3) is 0 Å². The summed E-state index contributed by atoms with van der Waals surface area (Å²) in [5, 5.41) is 12.4. The van der Waals surface area contributed by atoms with Crippen LogP contribution in [0.15, 0.2) is 53.1 Å². The van der Waals surface area contributed by atoms with Crippen molar-refractivity contribution >= 4 is 23.0 Å². The van der Waals surface area contributed by atoms with Crippen molar-refractivity contribution < 1.29 is 19.4 Å². The lowest BCUT2D eigenvalue weighted by Gasteiger charge is -2.27. The summed E-state index contributed by atoms with van der Waals surface area (Å²) in [6.07, 6.45) is 0.740. The zero-order chi connectivity index (χ0) is 20.3. The number of hydrogen-bond acceptors (Lipinski definition) is 5. The van der Waals surface area contributed by atoms with Crippen molar-refractivity contribution in [1.82, 2.24) is 4.90 Å². The van der Waals surface area contributed by atoms with E-state index in [2.05, 4.69) is 0 Å². The van der Waals surface area contributed by atoms with Gasteiger partial charge in [0.15, 0.2) is 5.76 Å². The first-order valence-electron chi connectivity index (χ1n) is 9.40. The van der Waals surface area contributed by atoms with E-state index in [9.17, 15) is 14.7 Å². The molecule has 5 nitrogen and oxygen atoms in total. The number of nitrogens with zero attached hydrogens (tertiary/aromatic N) is 1. The summed E-state index contributed by atoms with van der Waals surface area (Å²) in [7, 11) is 0. The number of aliphatic hydroxyl groups excluding tert-OH is 1. The van der Waals surface area contributed by atoms with Gasteiger partial charge in [0, 0.05) is 13.2 Å². The van der Waals surface area contributed by atoms with E-state index in [-0.39, 0.29) is 17.5 Å². The van der Waals surface area contributed by atoms with Gasteiger partial charge in [-0.2, -0.15) is 0 Å². The molecule has 1 aromatic carbocycles. The number of benzene rings is 1. The lowest BCUT2D eigenvalue weighted by Crippen LogP contribution is -2.32. The minimum absolute atomic E-state index is 0.115. The summed E-state index contributed by atoms with van der Waals surface area (Å²) >= 11 is 1.30. The molecule has 0 aliphatic carbocycles. The highest BCUT2D eigenvalue weighted by molar-refractivity contribution is 7.12. The lowest BCUT2D eigenvalue weighted by molar-refractivity contribution is -0.129. The Morgan fingerprint density at radius 1 is 1.29 bits per heavy atom. The molecule has 2 aromatic rings. The summed E-state index contributed by atoms with van der Waals surface area (Å²) in [6.45, 7) is 6.79. The van der Waals surface area contributed by atoms with Crippen LogP contribution in [-0.4, -0.2) is 41.0 Å². The topological polar surface area (TPSA) is 66.8 Å². The summed E-state index contributed by atoms with van der Waals surface area (Å²) in [5.74, 6) is -1.25. The second-order valence-corrected chi connectivity index (χ2v) is 8.10. The Hall–Kier alpha value is -2.44. The van der Waals surface area contributed by atoms with Gasteiger partial charge in [0.2, 0.25) is 5.78 Å². The van der Waals surface area contributed by atoms with E-state index in [4.69, 9.17) is 4.74 Å². The van der Waals surface area contributed by atoms with Crippen LogP contribution in [0.4, 0.5) is 0 Å². The third-order valence-electron chi connectivity index (χ3n) is 4.65. The molecule has 0 bridgehead atoms. The Balaban J connectivity index is 1.94. The second-order valence-electron chi connectivity index (χ2n) is 7.16. The van der Waals surface area contributed by atoms with Crippen molar-refractivity contribution in [1.29, 1.82) is 0 Å². The van der Waals surface area contributed by atoms with Crippen LogP contribution in [0.3, 0.4) is 0 Å². The fourth-order valence-electron chi connectivity index (χ4n) is 3.40. The molecule has 2 heterocycles. The van der Waals surface area contributed by atoms with Crippen LogP contribution < -0.4 is 0 Å². The number of hydrogen-bond donors (Lipinski definition) is 1. The molecule has 28 heavy (non-hydrogen) atoms. The maximum absolute atomic E-state index is 13.1. The van der Waals surface area contributed by atoms with Crippen molar-refractivity contribution in [2.75, 3.05) is 13.2 Å². The van der Waals surface area contributed by atoms with Gasteiger partial charge < -0.3 is 14.7 Å². The van der Waals surface area contributed by atoms with Gasteiger partial charge in [-0.15, -0.1) is 11.3 Å². The molecule has 0 spiro atoms. The monoisotopic (exact) mass is 399 g/mol. The minimum Gasteiger partial charge on any atom is -0.503 e. The van der Waals surface area contributed by atoms with Crippen LogP contribution in [0, 0.1) is 6.92 Å². The molecule has 1 N–H and O–H groups in total. The van der Waals surface area contributed by atoms with Crippen molar-refractivity contribution in [3.05, 3.63) is 69.1 Å². The molecule has 1 aromatic heterocycles. The Kier molecular flexibility index (Phi) is 6.31. The molecule has 1 unspecified atom stereocenters. The van der Waals surface area contributed by atoms with Gasteiger partial charge in [-0.1, -0.05) is 35.9 Å². The average Bonchev–Trinajstić information content (AvgIpc) is 3.27. The van der Waals surface area contributed by atoms with Crippen molar-refractivity contribution in [3.63, 3.8) is 0 Å². The normalized spacial score (nSPS) is 17.1. The van der Waals surface area contributed by atoms with E-state index < -0.39 is 17.7 Å². The van der Waals surface area contributed by atoms with E-state index in [0.717, 1.165) is 11.1 Å². The highest BCUT2D eigenvalue weighted by Crippen LogP contribution is 2.39. The number of ketones is 1. The van der Waals surface area contributed by atoms with Gasteiger partial charge in [0.1, 0.15) is 0 Å². The molecule has 1 atom stereocenters. The van der Waals surface area contributed by atoms with Gasteiger partial charge in [-0.25, -0.2) is 0 Å². The van der Waals surface area contributed by atoms with E-state index in [1.165, 1.54) is 11.3 Å². The Labute approximate surface area is 169 Å². The summed E-state index contributed by atoms with van der Waals surface area (Å²) < 4.78 is 5.58. The molecule has 1 aliphatic heterocycles. The standard InChI is InChI=1S/C22H25NO4S/c1-14(2)27-11-6-10-23-19(16-8-4-7-15(3)13-16)18(21(25)22(23)26)20(24)17-9-5-12-28-17/h4-5,7-9,12-14,19,25H,6,10-11H2,1-3H3. The quantitative estimate of drug-likeness (QED) is 0.526. The summed E-state index contributed by atoms with van der Waals surface area (Å²) in [6, 6.07) is 10.6. The van der Waals surface area contributed by atoms with Crippen LogP contribution in [0.5, 0.6) is 0 Å². The summed E-state index contributed by atoms with van der Waals surface area (Å²) in [4.78, 5) is 28.0.